The van der Waals surface area contributed by atoms with Crippen molar-refractivity contribution < 1.29 is 13.2 Å². The molecule has 0 bridgehead atoms. The second-order valence-corrected chi connectivity index (χ2v) is 8.42. The zero-order valence-electron chi connectivity index (χ0n) is 10.5. The lowest BCUT2D eigenvalue weighted by Gasteiger charge is -2.39. The number of hydrogen-bond acceptors (Lipinski definition) is 3. The Hall–Kier alpha value is -0.490. The summed E-state index contributed by atoms with van der Waals surface area (Å²) in [6.07, 6.45) is 2.81. The van der Waals surface area contributed by atoms with Crippen molar-refractivity contribution in [3.8, 4) is 0 Å². The molecule has 0 unspecified atom stereocenters. The SMILES string of the molecule is CC1(NC(=O)c2cc(S(=O)(=O)Cl)c(Cl)cc2Cl)CCC1. The third-order valence-electron chi connectivity index (χ3n) is 3.40. The molecule has 2 rings (SSSR count). The number of carbonyl (C=O) groups excluding carboxylic acids is 1. The molecule has 1 fully saturated rings. The molecule has 0 radical (unpaired) electrons. The fourth-order valence-electron chi connectivity index (χ4n) is 2.06. The van der Waals surface area contributed by atoms with Gasteiger partial charge in [-0.15, -0.1) is 0 Å². The topological polar surface area (TPSA) is 63.2 Å². The van der Waals surface area contributed by atoms with E-state index in [-0.39, 0.29) is 26.0 Å². The lowest BCUT2D eigenvalue weighted by Crippen LogP contribution is -2.51. The number of hydrogen-bond donors (Lipinski definition) is 1. The van der Waals surface area contributed by atoms with Gasteiger partial charge in [0, 0.05) is 16.2 Å². The summed E-state index contributed by atoms with van der Waals surface area (Å²) in [7, 11) is 1.24. The molecule has 4 nitrogen and oxygen atoms in total. The van der Waals surface area contributed by atoms with Crippen molar-refractivity contribution >= 4 is 48.8 Å². The molecule has 0 saturated heterocycles. The highest BCUT2D eigenvalue weighted by Crippen LogP contribution is 2.33. The van der Waals surface area contributed by atoms with Gasteiger partial charge in [0.2, 0.25) is 0 Å². The minimum absolute atomic E-state index is 0.0448. The van der Waals surface area contributed by atoms with Crippen molar-refractivity contribution in [1.82, 2.24) is 5.32 Å². The van der Waals surface area contributed by atoms with Crippen LogP contribution in [0.2, 0.25) is 10.0 Å². The standard InChI is InChI=1S/C12H12Cl3NO3S/c1-12(3-2-4-12)16-11(17)7-5-10(20(15,18)19)9(14)6-8(7)13/h5-6H,2-4H2,1H3,(H,16,17). The van der Waals surface area contributed by atoms with E-state index in [2.05, 4.69) is 5.32 Å². The lowest BCUT2D eigenvalue weighted by atomic mass is 9.78. The Morgan fingerprint density at radius 2 is 1.85 bits per heavy atom. The monoisotopic (exact) mass is 355 g/mol. The van der Waals surface area contributed by atoms with Crippen LogP contribution >= 0.6 is 33.9 Å². The Morgan fingerprint density at radius 1 is 1.25 bits per heavy atom. The molecule has 110 valence electrons. The van der Waals surface area contributed by atoms with Crippen LogP contribution < -0.4 is 5.32 Å². The van der Waals surface area contributed by atoms with Crippen LogP contribution in [0, 0.1) is 0 Å². The Kier molecular flexibility index (Phi) is 4.27. The number of nitrogens with one attached hydrogen (secondary N) is 1. The maximum atomic E-state index is 12.2. The molecular weight excluding hydrogens is 345 g/mol. The van der Waals surface area contributed by atoms with E-state index in [0.29, 0.717) is 0 Å². The summed E-state index contributed by atoms with van der Waals surface area (Å²) in [5.41, 5.74) is -0.219. The highest BCUT2D eigenvalue weighted by molar-refractivity contribution is 8.13. The highest BCUT2D eigenvalue weighted by atomic mass is 35.7. The second kappa shape index (κ2) is 5.37. The van der Waals surface area contributed by atoms with E-state index in [0.717, 1.165) is 25.3 Å². The molecule has 8 heteroatoms. The summed E-state index contributed by atoms with van der Waals surface area (Å²) < 4.78 is 22.8. The van der Waals surface area contributed by atoms with Gasteiger partial charge in [-0.3, -0.25) is 4.79 Å². The van der Waals surface area contributed by atoms with Crippen molar-refractivity contribution in [3.05, 3.63) is 27.7 Å². The van der Waals surface area contributed by atoms with Gasteiger partial charge < -0.3 is 5.32 Å². The Labute approximate surface area is 131 Å². The first-order chi connectivity index (χ1) is 9.12. The molecule has 1 aliphatic carbocycles. The summed E-state index contributed by atoms with van der Waals surface area (Å²) in [5, 5.41) is 2.81. The predicted octanol–water partition coefficient (Wildman–Crippen LogP) is 3.59. The van der Waals surface area contributed by atoms with Crippen LogP contribution in [0.25, 0.3) is 0 Å². The largest absolute Gasteiger partial charge is 0.347 e. The summed E-state index contributed by atoms with van der Waals surface area (Å²) in [6, 6.07) is 2.31. The van der Waals surface area contributed by atoms with Gasteiger partial charge in [0.25, 0.3) is 15.0 Å². The minimum atomic E-state index is -4.04. The van der Waals surface area contributed by atoms with Crippen LogP contribution in [-0.2, 0) is 9.05 Å². The molecule has 1 amide bonds. The molecule has 0 spiro atoms. The molecule has 20 heavy (non-hydrogen) atoms. The Bertz CT molecular complexity index is 669. The summed E-state index contributed by atoms with van der Waals surface area (Å²) >= 11 is 11.7. The third kappa shape index (κ3) is 3.22. The van der Waals surface area contributed by atoms with E-state index in [1.807, 2.05) is 6.92 Å². The molecule has 0 heterocycles. The van der Waals surface area contributed by atoms with Crippen molar-refractivity contribution in [2.45, 2.75) is 36.6 Å². The fourth-order valence-corrected chi connectivity index (χ4v) is 3.89. The second-order valence-electron chi connectivity index (χ2n) is 5.07. The number of benzene rings is 1. The fraction of sp³-hybridized carbons (Fsp3) is 0.417. The molecule has 1 aromatic rings. The quantitative estimate of drug-likeness (QED) is 0.842. The molecule has 0 aromatic heterocycles. The normalized spacial score (nSPS) is 17.4. The zero-order chi connectivity index (χ0) is 15.1. The average molecular weight is 357 g/mol. The molecular formula is C12H12Cl3NO3S. The first kappa shape index (κ1) is 15.9. The van der Waals surface area contributed by atoms with E-state index >= 15 is 0 Å². The summed E-state index contributed by atoms with van der Waals surface area (Å²) in [5.74, 6) is -0.435. The first-order valence-corrected chi connectivity index (χ1v) is 8.95. The Balaban J connectivity index is 2.38. The number of halogens is 3. The zero-order valence-corrected chi connectivity index (χ0v) is 13.6. The molecule has 1 aromatic carbocycles. The van der Waals surface area contributed by atoms with Crippen molar-refractivity contribution in [3.63, 3.8) is 0 Å². The van der Waals surface area contributed by atoms with Gasteiger partial charge in [-0.25, -0.2) is 8.42 Å². The van der Waals surface area contributed by atoms with Crippen LogP contribution in [0.4, 0.5) is 0 Å². The summed E-state index contributed by atoms with van der Waals surface area (Å²) in [4.78, 5) is 11.9. The van der Waals surface area contributed by atoms with Gasteiger partial charge in [0.1, 0.15) is 4.90 Å². The molecule has 1 N–H and O–H groups in total. The van der Waals surface area contributed by atoms with Gasteiger partial charge in [-0.1, -0.05) is 23.2 Å². The van der Waals surface area contributed by atoms with E-state index < -0.39 is 15.0 Å². The van der Waals surface area contributed by atoms with Gasteiger partial charge in [-0.05, 0) is 38.3 Å². The van der Waals surface area contributed by atoms with Crippen molar-refractivity contribution in [2.75, 3.05) is 0 Å². The summed E-state index contributed by atoms with van der Waals surface area (Å²) in [6.45, 7) is 1.93. The van der Waals surface area contributed by atoms with Crippen LogP contribution in [0.15, 0.2) is 17.0 Å². The van der Waals surface area contributed by atoms with Gasteiger partial charge >= 0.3 is 0 Å². The Morgan fingerprint density at radius 3 is 2.30 bits per heavy atom. The predicted molar refractivity (Wildman–Crippen MR) is 79.2 cm³/mol. The van der Waals surface area contributed by atoms with Gasteiger partial charge in [-0.2, -0.15) is 0 Å². The highest BCUT2D eigenvalue weighted by Gasteiger charge is 2.34. The van der Waals surface area contributed by atoms with E-state index in [9.17, 15) is 13.2 Å². The van der Waals surface area contributed by atoms with Crippen LogP contribution in [0.1, 0.15) is 36.5 Å². The minimum Gasteiger partial charge on any atom is -0.347 e. The van der Waals surface area contributed by atoms with E-state index in [4.69, 9.17) is 33.9 Å². The number of amides is 1. The van der Waals surface area contributed by atoms with Crippen molar-refractivity contribution in [2.24, 2.45) is 0 Å². The molecule has 1 saturated carbocycles. The van der Waals surface area contributed by atoms with Crippen LogP contribution in [0.3, 0.4) is 0 Å². The van der Waals surface area contributed by atoms with E-state index in [1.54, 1.807) is 0 Å². The third-order valence-corrected chi connectivity index (χ3v) is 5.50. The van der Waals surface area contributed by atoms with Gasteiger partial charge in [0.15, 0.2) is 0 Å². The maximum absolute atomic E-state index is 12.2. The van der Waals surface area contributed by atoms with Gasteiger partial charge in [0.05, 0.1) is 15.6 Å². The molecule has 1 aliphatic rings. The van der Waals surface area contributed by atoms with Crippen molar-refractivity contribution in [1.29, 1.82) is 0 Å². The lowest BCUT2D eigenvalue weighted by molar-refractivity contribution is 0.0850. The molecule has 0 aliphatic heterocycles. The average Bonchev–Trinajstić information content (AvgIpc) is 2.24. The molecule has 0 atom stereocenters. The van der Waals surface area contributed by atoms with E-state index in [1.165, 1.54) is 6.07 Å². The van der Waals surface area contributed by atoms with Crippen LogP contribution in [0.5, 0.6) is 0 Å². The number of carbonyl (C=O) groups is 1. The first-order valence-electron chi connectivity index (χ1n) is 5.89. The van der Waals surface area contributed by atoms with Crippen LogP contribution in [-0.4, -0.2) is 19.9 Å². The smallest absolute Gasteiger partial charge is 0.262 e. The number of rotatable bonds is 3. The maximum Gasteiger partial charge on any atom is 0.262 e.